The minimum Gasteiger partial charge on any atom is -0.425 e. The maximum Gasteiger partial charge on any atom is 0.223 e. The third kappa shape index (κ3) is 4.56. The molecule has 0 spiro atoms. The molecule has 2 aromatic heterocycles. The second kappa shape index (κ2) is 8.60. The monoisotopic (exact) mass is 407 g/mol. The summed E-state index contributed by atoms with van der Waals surface area (Å²) < 4.78 is 5.79. The number of nitrogens with one attached hydrogen (secondary N) is 1. The van der Waals surface area contributed by atoms with E-state index < -0.39 is 0 Å². The minimum absolute atomic E-state index is 0.194. The Morgan fingerprint density at radius 2 is 1.80 bits per heavy atom. The summed E-state index contributed by atoms with van der Waals surface area (Å²) in [4.78, 5) is 20.3. The number of H-pyrrole nitrogens is 1. The predicted octanol–water partition coefficient (Wildman–Crippen LogP) is 2.82. The molecule has 3 heterocycles. The number of benzene rings is 1. The summed E-state index contributed by atoms with van der Waals surface area (Å²) in [7, 11) is 0. The van der Waals surface area contributed by atoms with E-state index in [0.29, 0.717) is 31.0 Å². The molecule has 1 saturated carbocycles. The van der Waals surface area contributed by atoms with Gasteiger partial charge >= 0.3 is 0 Å². The number of carbonyl (C=O) groups excluding carboxylic acids is 1. The molecule has 2 aliphatic rings. The summed E-state index contributed by atoms with van der Waals surface area (Å²) in [6.07, 6.45) is 7.31. The third-order valence-electron chi connectivity index (χ3n) is 6.28. The fourth-order valence-corrected chi connectivity index (χ4v) is 4.29. The molecule has 3 aromatic rings. The van der Waals surface area contributed by atoms with Gasteiger partial charge in [0.2, 0.25) is 17.7 Å². The molecule has 1 aliphatic carbocycles. The van der Waals surface area contributed by atoms with Crippen LogP contribution in [0.1, 0.15) is 36.6 Å². The second-order valence-electron chi connectivity index (χ2n) is 8.57. The van der Waals surface area contributed by atoms with Crippen LogP contribution in [-0.4, -0.2) is 63.6 Å². The van der Waals surface area contributed by atoms with Crippen molar-refractivity contribution in [2.24, 2.45) is 5.92 Å². The molecule has 1 saturated heterocycles. The van der Waals surface area contributed by atoms with Crippen LogP contribution in [0.15, 0.2) is 34.9 Å². The highest BCUT2D eigenvalue weighted by atomic mass is 16.4. The van der Waals surface area contributed by atoms with E-state index in [2.05, 4.69) is 38.3 Å². The van der Waals surface area contributed by atoms with Crippen LogP contribution in [0.4, 0.5) is 0 Å². The molecule has 1 amide bonds. The summed E-state index contributed by atoms with van der Waals surface area (Å²) in [6.45, 7) is 4.89. The van der Waals surface area contributed by atoms with Crippen molar-refractivity contribution in [3.8, 4) is 0 Å². The number of aromatic nitrogens is 3. The van der Waals surface area contributed by atoms with Gasteiger partial charge in [-0.3, -0.25) is 9.69 Å². The van der Waals surface area contributed by atoms with E-state index in [1.54, 1.807) is 0 Å². The number of rotatable bonds is 8. The summed E-state index contributed by atoms with van der Waals surface area (Å²) in [5.74, 6) is 2.30. The lowest BCUT2D eigenvalue weighted by atomic mass is 10.1. The van der Waals surface area contributed by atoms with Crippen molar-refractivity contribution < 1.29 is 9.21 Å². The molecule has 30 heavy (non-hydrogen) atoms. The molecule has 0 radical (unpaired) electrons. The molecule has 1 aromatic carbocycles. The van der Waals surface area contributed by atoms with E-state index >= 15 is 0 Å². The van der Waals surface area contributed by atoms with Crippen LogP contribution >= 0.6 is 0 Å². The Bertz CT molecular complexity index is 998. The van der Waals surface area contributed by atoms with Gasteiger partial charge in [0.25, 0.3) is 0 Å². The lowest BCUT2D eigenvalue weighted by Crippen LogP contribution is -2.49. The van der Waals surface area contributed by atoms with Gasteiger partial charge in [0.15, 0.2) is 0 Å². The van der Waals surface area contributed by atoms with Gasteiger partial charge in [-0.1, -0.05) is 18.2 Å². The van der Waals surface area contributed by atoms with Gasteiger partial charge in [-0.05, 0) is 36.8 Å². The lowest BCUT2D eigenvalue weighted by molar-refractivity contribution is -0.133. The Kier molecular flexibility index (Phi) is 5.53. The van der Waals surface area contributed by atoms with Crippen molar-refractivity contribution in [3.63, 3.8) is 0 Å². The summed E-state index contributed by atoms with van der Waals surface area (Å²) >= 11 is 0. The van der Waals surface area contributed by atoms with Gasteiger partial charge in [-0.15, -0.1) is 10.2 Å². The average Bonchev–Trinajstić information content (AvgIpc) is 3.32. The number of fused-ring (bicyclic) bond motifs is 1. The smallest absolute Gasteiger partial charge is 0.223 e. The molecule has 5 rings (SSSR count). The highest BCUT2D eigenvalue weighted by Crippen LogP contribution is 2.30. The van der Waals surface area contributed by atoms with Crippen LogP contribution < -0.4 is 0 Å². The summed E-state index contributed by atoms with van der Waals surface area (Å²) in [6, 6.07) is 8.28. The number of amides is 1. The van der Waals surface area contributed by atoms with Crippen molar-refractivity contribution >= 4 is 16.8 Å². The maximum atomic E-state index is 12.5. The Morgan fingerprint density at radius 3 is 2.60 bits per heavy atom. The Labute approximate surface area is 176 Å². The number of aryl methyl sites for hydroxylation is 3. The summed E-state index contributed by atoms with van der Waals surface area (Å²) in [5, 5.41) is 9.55. The number of hydrogen-bond donors (Lipinski definition) is 1. The second-order valence-corrected chi connectivity index (χ2v) is 8.57. The Balaban J connectivity index is 1.07. The molecule has 0 bridgehead atoms. The lowest BCUT2D eigenvalue weighted by Gasteiger charge is -2.34. The van der Waals surface area contributed by atoms with Gasteiger partial charge in [0.1, 0.15) is 0 Å². The highest BCUT2D eigenvalue weighted by molar-refractivity contribution is 5.83. The topological polar surface area (TPSA) is 78.3 Å². The van der Waals surface area contributed by atoms with Gasteiger partial charge in [-0.25, -0.2) is 0 Å². The van der Waals surface area contributed by atoms with Gasteiger partial charge in [0.05, 0.1) is 0 Å². The molecule has 7 nitrogen and oxygen atoms in total. The fourth-order valence-electron chi connectivity index (χ4n) is 4.29. The van der Waals surface area contributed by atoms with E-state index in [9.17, 15) is 4.79 Å². The molecule has 158 valence electrons. The van der Waals surface area contributed by atoms with Crippen molar-refractivity contribution in [3.05, 3.63) is 47.8 Å². The van der Waals surface area contributed by atoms with Gasteiger partial charge in [-0.2, -0.15) is 0 Å². The van der Waals surface area contributed by atoms with Crippen molar-refractivity contribution in [1.82, 2.24) is 25.0 Å². The first-order valence-corrected chi connectivity index (χ1v) is 11.1. The van der Waals surface area contributed by atoms with E-state index in [-0.39, 0.29) is 5.91 Å². The normalized spacial score (nSPS) is 17.7. The number of hydrogen-bond acceptors (Lipinski definition) is 5. The first kappa shape index (κ1) is 19.3. The molecular weight excluding hydrogens is 378 g/mol. The number of piperazine rings is 1. The zero-order chi connectivity index (χ0) is 20.3. The number of para-hydroxylation sites is 1. The third-order valence-corrected chi connectivity index (χ3v) is 6.28. The van der Waals surface area contributed by atoms with Crippen molar-refractivity contribution in [1.29, 1.82) is 0 Å². The number of aromatic amines is 1. The van der Waals surface area contributed by atoms with Crippen molar-refractivity contribution in [2.45, 2.75) is 38.5 Å². The molecule has 7 heteroatoms. The molecule has 0 unspecified atom stereocenters. The first-order chi connectivity index (χ1) is 14.7. The number of nitrogens with zero attached hydrogens (tertiary/aromatic N) is 4. The Morgan fingerprint density at radius 1 is 1.03 bits per heavy atom. The molecule has 1 N–H and O–H groups in total. The van der Waals surface area contributed by atoms with Crippen LogP contribution in [0.25, 0.3) is 10.9 Å². The largest absolute Gasteiger partial charge is 0.425 e. The zero-order valence-corrected chi connectivity index (χ0v) is 17.3. The first-order valence-electron chi connectivity index (χ1n) is 11.1. The molecular formula is C23H29N5O2. The van der Waals surface area contributed by atoms with Crippen LogP contribution in [0.5, 0.6) is 0 Å². The molecule has 0 atom stereocenters. The van der Waals surface area contributed by atoms with Gasteiger partial charge < -0.3 is 14.3 Å². The quantitative estimate of drug-likeness (QED) is 0.621. The van der Waals surface area contributed by atoms with E-state index in [4.69, 9.17) is 4.42 Å². The fraction of sp³-hybridized carbons (Fsp3) is 0.522. The van der Waals surface area contributed by atoms with E-state index in [0.717, 1.165) is 44.0 Å². The average molecular weight is 408 g/mol. The maximum absolute atomic E-state index is 12.5. The predicted molar refractivity (Wildman–Crippen MR) is 114 cm³/mol. The van der Waals surface area contributed by atoms with Crippen LogP contribution in [0, 0.1) is 5.92 Å². The van der Waals surface area contributed by atoms with Crippen LogP contribution in [-0.2, 0) is 24.1 Å². The van der Waals surface area contributed by atoms with E-state index in [1.165, 1.54) is 30.3 Å². The zero-order valence-electron chi connectivity index (χ0n) is 17.3. The number of carbonyl (C=O) groups is 1. The van der Waals surface area contributed by atoms with Crippen molar-refractivity contribution in [2.75, 3.05) is 32.7 Å². The van der Waals surface area contributed by atoms with E-state index in [1.807, 2.05) is 17.2 Å². The van der Waals surface area contributed by atoms with Gasteiger partial charge in [0, 0.05) is 69.1 Å². The molecule has 2 fully saturated rings. The van der Waals surface area contributed by atoms with Crippen LogP contribution in [0.2, 0.25) is 0 Å². The minimum atomic E-state index is 0.194. The van der Waals surface area contributed by atoms with Crippen LogP contribution in [0.3, 0.4) is 0 Å². The molecule has 1 aliphatic heterocycles. The SMILES string of the molecule is O=C(CCc1nnc(CCc2c[nH]c3ccccc23)o1)N1CCN(CC2CC2)CC1. The standard InChI is InChI=1S/C23H29N5O2/c29-23(28-13-11-27(12-14-28)16-17-5-6-17)10-9-22-26-25-21(30-22)8-7-18-15-24-20-4-2-1-3-19(18)20/h1-4,15,17,24H,5-14,16H2. The summed E-state index contributed by atoms with van der Waals surface area (Å²) in [5.41, 5.74) is 2.40. The highest BCUT2D eigenvalue weighted by Gasteiger charge is 2.27. The Hall–Kier alpha value is -2.67.